The Hall–Kier alpha value is -1.63. The summed E-state index contributed by atoms with van der Waals surface area (Å²) in [4.78, 5) is 15.7. The number of nitrogens with zero attached hydrogens (tertiary/aromatic N) is 2. The van der Waals surface area contributed by atoms with Gasteiger partial charge in [0.1, 0.15) is 18.5 Å². The second-order valence-corrected chi connectivity index (χ2v) is 5.53. The summed E-state index contributed by atoms with van der Waals surface area (Å²) in [6.07, 6.45) is -0.509. The van der Waals surface area contributed by atoms with Crippen LogP contribution >= 0.6 is 0 Å². The zero-order valence-electron chi connectivity index (χ0n) is 13.1. The third-order valence-corrected chi connectivity index (χ3v) is 3.77. The molecule has 6 nitrogen and oxygen atoms in total. The van der Waals surface area contributed by atoms with Crippen LogP contribution in [0.4, 0.5) is 0 Å². The highest BCUT2D eigenvalue weighted by Gasteiger charge is 2.20. The van der Waals surface area contributed by atoms with E-state index in [0.717, 1.165) is 31.9 Å². The first-order chi connectivity index (χ1) is 10.7. The summed E-state index contributed by atoms with van der Waals surface area (Å²) in [6.45, 7) is 4.76. The van der Waals surface area contributed by atoms with E-state index >= 15 is 0 Å². The number of hydrogen-bond donors (Lipinski definition) is 2. The molecule has 1 atom stereocenters. The number of hydrogen-bond acceptors (Lipinski definition) is 5. The van der Waals surface area contributed by atoms with Crippen molar-refractivity contribution in [3.05, 3.63) is 30.3 Å². The standard InChI is InChI=1S/C16H25N3O3/c1-17-16(21)12-19-9-7-18(8-10-19)11-14(20)13-22-15-5-3-2-4-6-15/h2-6,14,20H,7-13H2,1H3,(H,17,21)/t14-/m0/s1. The van der Waals surface area contributed by atoms with Gasteiger partial charge in [0.05, 0.1) is 6.54 Å². The van der Waals surface area contributed by atoms with Gasteiger partial charge in [0, 0.05) is 39.8 Å². The van der Waals surface area contributed by atoms with Gasteiger partial charge in [-0.1, -0.05) is 18.2 Å². The summed E-state index contributed by atoms with van der Waals surface area (Å²) < 4.78 is 5.56. The van der Waals surface area contributed by atoms with Crippen molar-refractivity contribution < 1.29 is 14.6 Å². The minimum absolute atomic E-state index is 0.0461. The zero-order valence-corrected chi connectivity index (χ0v) is 13.1. The van der Waals surface area contributed by atoms with E-state index in [0.29, 0.717) is 19.7 Å². The molecule has 1 saturated heterocycles. The average molecular weight is 307 g/mol. The van der Waals surface area contributed by atoms with Crippen LogP contribution in [-0.2, 0) is 4.79 Å². The molecule has 22 heavy (non-hydrogen) atoms. The molecule has 1 aromatic carbocycles. The zero-order chi connectivity index (χ0) is 15.8. The number of para-hydroxylation sites is 1. The largest absolute Gasteiger partial charge is 0.491 e. The van der Waals surface area contributed by atoms with Crippen LogP contribution in [0.25, 0.3) is 0 Å². The summed E-state index contributed by atoms with van der Waals surface area (Å²) in [5.74, 6) is 0.821. The van der Waals surface area contributed by atoms with E-state index in [4.69, 9.17) is 4.74 Å². The van der Waals surface area contributed by atoms with Gasteiger partial charge in [0.25, 0.3) is 0 Å². The van der Waals surface area contributed by atoms with Gasteiger partial charge in [0.15, 0.2) is 0 Å². The van der Waals surface area contributed by atoms with Gasteiger partial charge >= 0.3 is 0 Å². The number of amides is 1. The lowest BCUT2D eigenvalue weighted by Crippen LogP contribution is -2.51. The number of carbonyl (C=O) groups is 1. The second-order valence-electron chi connectivity index (χ2n) is 5.53. The first-order valence-electron chi connectivity index (χ1n) is 7.68. The fourth-order valence-corrected chi connectivity index (χ4v) is 2.47. The van der Waals surface area contributed by atoms with Crippen LogP contribution < -0.4 is 10.1 Å². The Kier molecular flexibility index (Phi) is 6.64. The molecule has 2 rings (SSSR count). The smallest absolute Gasteiger partial charge is 0.233 e. The summed E-state index contributed by atoms with van der Waals surface area (Å²) in [5, 5.41) is 12.7. The monoisotopic (exact) mass is 307 g/mol. The highest BCUT2D eigenvalue weighted by molar-refractivity contribution is 5.77. The number of piperazine rings is 1. The van der Waals surface area contributed by atoms with E-state index < -0.39 is 6.10 Å². The molecule has 1 aromatic rings. The molecule has 122 valence electrons. The highest BCUT2D eigenvalue weighted by atomic mass is 16.5. The Bertz CT molecular complexity index is 447. The van der Waals surface area contributed by atoms with Crippen LogP contribution in [0.3, 0.4) is 0 Å². The van der Waals surface area contributed by atoms with Gasteiger partial charge < -0.3 is 15.2 Å². The molecule has 0 aromatic heterocycles. The number of β-amino-alcohol motifs (C(OH)–C–C–N with tert-alkyl or cyclic N) is 1. The van der Waals surface area contributed by atoms with Crippen LogP contribution in [-0.4, -0.2) is 79.8 Å². The Balaban J connectivity index is 1.64. The maximum absolute atomic E-state index is 11.3. The predicted octanol–water partition coefficient (Wildman–Crippen LogP) is -0.210. The number of aliphatic hydroxyl groups excluding tert-OH is 1. The lowest BCUT2D eigenvalue weighted by molar-refractivity contribution is -0.122. The number of nitrogens with one attached hydrogen (secondary N) is 1. The quantitative estimate of drug-likeness (QED) is 0.730. The molecule has 0 aliphatic carbocycles. The van der Waals surface area contributed by atoms with Crippen molar-refractivity contribution in [2.24, 2.45) is 0 Å². The first kappa shape index (κ1) is 16.7. The third kappa shape index (κ3) is 5.63. The number of likely N-dealkylation sites (N-methyl/N-ethyl adjacent to an activating group) is 1. The van der Waals surface area contributed by atoms with E-state index in [1.54, 1.807) is 7.05 Å². The molecule has 2 N–H and O–H groups in total. The minimum Gasteiger partial charge on any atom is -0.491 e. The SMILES string of the molecule is CNC(=O)CN1CCN(C[C@H](O)COc2ccccc2)CC1. The number of carbonyl (C=O) groups excluding carboxylic acids is 1. The molecule has 1 fully saturated rings. The predicted molar refractivity (Wildman–Crippen MR) is 84.9 cm³/mol. The molecule has 6 heteroatoms. The van der Waals surface area contributed by atoms with Gasteiger partial charge in [-0.25, -0.2) is 0 Å². The summed E-state index contributed by atoms with van der Waals surface area (Å²) in [6, 6.07) is 9.51. The van der Waals surface area contributed by atoms with E-state index in [2.05, 4.69) is 15.1 Å². The lowest BCUT2D eigenvalue weighted by atomic mass is 10.2. The summed E-state index contributed by atoms with van der Waals surface area (Å²) in [7, 11) is 1.65. The van der Waals surface area contributed by atoms with Crippen molar-refractivity contribution in [2.75, 3.05) is 52.9 Å². The molecule has 0 bridgehead atoms. The third-order valence-electron chi connectivity index (χ3n) is 3.77. The van der Waals surface area contributed by atoms with Gasteiger partial charge in [-0.15, -0.1) is 0 Å². The van der Waals surface area contributed by atoms with Gasteiger partial charge in [-0.05, 0) is 12.1 Å². The van der Waals surface area contributed by atoms with Crippen LogP contribution in [0.15, 0.2) is 30.3 Å². The molecular formula is C16H25N3O3. The van der Waals surface area contributed by atoms with Crippen LogP contribution in [0.5, 0.6) is 5.75 Å². The van der Waals surface area contributed by atoms with Crippen molar-refractivity contribution in [2.45, 2.75) is 6.10 Å². The Labute approximate surface area is 131 Å². The minimum atomic E-state index is -0.509. The molecule has 0 spiro atoms. The Morgan fingerprint density at radius 1 is 1.23 bits per heavy atom. The van der Waals surface area contributed by atoms with Crippen LogP contribution in [0, 0.1) is 0 Å². The van der Waals surface area contributed by atoms with E-state index in [-0.39, 0.29) is 5.91 Å². The summed E-state index contributed by atoms with van der Waals surface area (Å²) >= 11 is 0. The fraction of sp³-hybridized carbons (Fsp3) is 0.562. The van der Waals surface area contributed by atoms with Gasteiger partial charge in [0.2, 0.25) is 5.91 Å². The van der Waals surface area contributed by atoms with Gasteiger partial charge in [-0.2, -0.15) is 0 Å². The maximum atomic E-state index is 11.3. The Morgan fingerprint density at radius 2 is 1.86 bits per heavy atom. The van der Waals surface area contributed by atoms with Gasteiger partial charge in [-0.3, -0.25) is 14.6 Å². The first-order valence-corrected chi connectivity index (χ1v) is 7.68. The molecule has 0 radical (unpaired) electrons. The summed E-state index contributed by atoms with van der Waals surface area (Å²) in [5.41, 5.74) is 0. The van der Waals surface area contributed by atoms with E-state index in [1.807, 2.05) is 30.3 Å². The van der Waals surface area contributed by atoms with Crippen molar-refractivity contribution in [1.29, 1.82) is 0 Å². The molecule has 1 heterocycles. The number of ether oxygens (including phenoxy) is 1. The molecule has 0 unspecified atom stereocenters. The Morgan fingerprint density at radius 3 is 2.50 bits per heavy atom. The van der Waals surface area contributed by atoms with Crippen LogP contribution in [0.2, 0.25) is 0 Å². The molecule has 1 aliphatic heterocycles. The average Bonchev–Trinajstić information content (AvgIpc) is 2.55. The number of rotatable bonds is 7. The fourth-order valence-electron chi connectivity index (χ4n) is 2.47. The molecule has 1 amide bonds. The topological polar surface area (TPSA) is 65.0 Å². The van der Waals surface area contributed by atoms with Crippen molar-refractivity contribution in [3.63, 3.8) is 0 Å². The lowest BCUT2D eigenvalue weighted by Gasteiger charge is -2.35. The second kappa shape index (κ2) is 8.73. The maximum Gasteiger partial charge on any atom is 0.233 e. The molecular weight excluding hydrogens is 282 g/mol. The van der Waals surface area contributed by atoms with Crippen LogP contribution in [0.1, 0.15) is 0 Å². The van der Waals surface area contributed by atoms with E-state index in [9.17, 15) is 9.90 Å². The van der Waals surface area contributed by atoms with Crippen molar-refractivity contribution >= 4 is 5.91 Å². The number of benzene rings is 1. The van der Waals surface area contributed by atoms with Crippen molar-refractivity contribution in [1.82, 2.24) is 15.1 Å². The highest BCUT2D eigenvalue weighted by Crippen LogP contribution is 2.09. The van der Waals surface area contributed by atoms with E-state index in [1.165, 1.54) is 0 Å². The van der Waals surface area contributed by atoms with Crippen molar-refractivity contribution in [3.8, 4) is 5.75 Å². The number of aliphatic hydroxyl groups is 1. The molecule has 1 aliphatic rings. The molecule has 0 saturated carbocycles. The normalized spacial score (nSPS) is 17.9.